The summed E-state index contributed by atoms with van der Waals surface area (Å²) in [6, 6.07) is 4.28. The standard InChI is InChI=1S/C12H16N2S2/c1-8(2)6-13-12-14-10(7-15-12)11-5-4-9(3)16-11/h4-5,7-8H,6H2,1-3H3,(H,13,14). The lowest BCUT2D eigenvalue weighted by Crippen LogP contribution is -2.07. The number of hydrogen-bond donors (Lipinski definition) is 1. The number of nitrogens with one attached hydrogen (secondary N) is 1. The molecule has 0 spiro atoms. The molecular weight excluding hydrogens is 236 g/mol. The van der Waals surface area contributed by atoms with E-state index < -0.39 is 0 Å². The van der Waals surface area contributed by atoms with Gasteiger partial charge in [-0.05, 0) is 25.0 Å². The van der Waals surface area contributed by atoms with Crippen molar-refractivity contribution in [2.24, 2.45) is 5.92 Å². The molecule has 0 aliphatic carbocycles. The van der Waals surface area contributed by atoms with Crippen molar-refractivity contribution in [1.29, 1.82) is 0 Å². The van der Waals surface area contributed by atoms with E-state index in [4.69, 9.17) is 0 Å². The third-order valence-corrected chi connectivity index (χ3v) is 3.98. The highest BCUT2D eigenvalue weighted by molar-refractivity contribution is 7.16. The number of anilines is 1. The monoisotopic (exact) mass is 252 g/mol. The minimum Gasteiger partial charge on any atom is -0.361 e. The first-order valence-corrected chi connectivity index (χ1v) is 7.11. The van der Waals surface area contributed by atoms with Crippen LogP contribution in [0.15, 0.2) is 17.5 Å². The van der Waals surface area contributed by atoms with Crippen molar-refractivity contribution in [3.8, 4) is 10.6 Å². The topological polar surface area (TPSA) is 24.9 Å². The Bertz CT molecular complexity index is 457. The van der Waals surface area contributed by atoms with Crippen LogP contribution >= 0.6 is 22.7 Å². The van der Waals surface area contributed by atoms with Gasteiger partial charge in [0.1, 0.15) is 0 Å². The zero-order valence-electron chi connectivity index (χ0n) is 9.78. The highest BCUT2D eigenvalue weighted by atomic mass is 32.1. The molecular formula is C12H16N2S2. The SMILES string of the molecule is Cc1ccc(-c2csc(NCC(C)C)n2)s1. The Morgan fingerprint density at radius 2 is 2.19 bits per heavy atom. The number of hydrogen-bond acceptors (Lipinski definition) is 4. The van der Waals surface area contributed by atoms with Crippen molar-refractivity contribution in [1.82, 2.24) is 4.98 Å². The summed E-state index contributed by atoms with van der Waals surface area (Å²) in [4.78, 5) is 7.17. The molecule has 2 nitrogen and oxygen atoms in total. The highest BCUT2D eigenvalue weighted by Crippen LogP contribution is 2.30. The number of thiophene rings is 1. The second-order valence-electron chi connectivity index (χ2n) is 4.22. The Hall–Kier alpha value is -0.870. The van der Waals surface area contributed by atoms with E-state index in [1.165, 1.54) is 9.75 Å². The molecule has 0 aliphatic heterocycles. The minimum absolute atomic E-state index is 0.649. The van der Waals surface area contributed by atoms with E-state index >= 15 is 0 Å². The van der Waals surface area contributed by atoms with Gasteiger partial charge in [0, 0.05) is 16.8 Å². The Kier molecular flexibility index (Phi) is 3.61. The summed E-state index contributed by atoms with van der Waals surface area (Å²) < 4.78 is 0. The fourth-order valence-electron chi connectivity index (χ4n) is 1.33. The maximum atomic E-state index is 4.58. The van der Waals surface area contributed by atoms with Crippen LogP contribution in [0.25, 0.3) is 10.6 Å². The first kappa shape index (κ1) is 11.6. The molecule has 0 saturated heterocycles. The molecule has 0 atom stereocenters. The largest absolute Gasteiger partial charge is 0.361 e. The quantitative estimate of drug-likeness (QED) is 0.880. The van der Waals surface area contributed by atoms with Gasteiger partial charge in [0.25, 0.3) is 0 Å². The van der Waals surface area contributed by atoms with Gasteiger partial charge in [0.05, 0.1) is 10.6 Å². The van der Waals surface area contributed by atoms with Crippen LogP contribution in [0, 0.1) is 12.8 Å². The second-order valence-corrected chi connectivity index (χ2v) is 6.37. The van der Waals surface area contributed by atoms with Crippen molar-refractivity contribution in [2.75, 3.05) is 11.9 Å². The lowest BCUT2D eigenvalue weighted by Gasteiger charge is -2.04. The zero-order chi connectivity index (χ0) is 11.5. The molecule has 2 aromatic heterocycles. The van der Waals surface area contributed by atoms with Crippen molar-refractivity contribution in [3.05, 3.63) is 22.4 Å². The highest BCUT2D eigenvalue weighted by Gasteiger charge is 2.06. The molecule has 2 heterocycles. The third kappa shape index (κ3) is 2.83. The number of rotatable bonds is 4. The lowest BCUT2D eigenvalue weighted by atomic mass is 10.2. The van der Waals surface area contributed by atoms with Gasteiger partial charge in [-0.3, -0.25) is 0 Å². The summed E-state index contributed by atoms with van der Waals surface area (Å²) >= 11 is 3.48. The smallest absolute Gasteiger partial charge is 0.183 e. The first-order valence-electron chi connectivity index (χ1n) is 5.41. The third-order valence-electron chi connectivity index (χ3n) is 2.16. The number of nitrogens with zero attached hydrogens (tertiary/aromatic N) is 1. The van der Waals surface area contributed by atoms with Crippen LogP contribution < -0.4 is 5.32 Å². The van der Waals surface area contributed by atoms with Crippen LogP contribution in [-0.4, -0.2) is 11.5 Å². The van der Waals surface area contributed by atoms with Gasteiger partial charge in [0.15, 0.2) is 5.13 Å². The van der Waals surface area contributed by atoms with E-state index in [0.717, 1.165) is 17.4 Å². The number of aryl methyl sites for hydroxylation is 1. The molecule has 0 saturated carbocycles. The van der Waals surface area contributed by atoms with Gasteiger partial charge < -0.3 is 5.32 Å². The van der Waals surface area contributed by atoms with Gasteiger partial charge in [-0.25, -0.2) is 4.98 Å². The molecule has 0 bridgehead atoms. The van der Waals surface area contributed by atoms with Crippen molar-refractivity contribution in [2.45, 2.75) is 20.8 Å². The van der Waals surface area contributed by atoms with Crippen molar-refractivity contribution >= 4 is 27.8 Å². The molecule has 0 fully saturated rings. The molecule has 16 heavy (non-hydrogen) atoms. The van der Waals surface area contributed by atoms with Crippen LogP contribution in [0.5, 0.6) is 0 Å². The van der Waals surface area contributed by atoms with Gasteiger partial charge in [0.2, 0.25) is 0 Å². The summed E-state index contributed by atoms with van der Waals surface area (Å²) in [5.74, 6) is 0.649. The molecule has 86 valence electrons. The Morgan fingerprint density at radius 3 is 2.81 bits per heavy atom. The Morgan fingerprint density at radius 1 is 1.38 bits per heavy atom. The van der Waals surface area contributed by atoms with Crippen molar-refractivity contribution < 1.29 is 0 Å². The predicted octanol–water partition coefficient (Wildman–Crippen LogP) is 4.25. The van der Waals surface area contributed by atoms with Gasteiger partial charge in [-0.1, -0.05) is 13.8 Å². The van der Waals surface area contributed by atoms with Crippen LogP contribution in [0.4, 0.5) is 5.13 Å². The predicted molar refractivity (Wildman–Crippen MR) is 73.5 cm³/mol. The summed E-state index contributed by atoms with van der Waals surface area (Å²) in [6.45, 7) is 7.50. The normalized spacial score (nSPS) is 11.0. The van der Waals surface area contributed by atoms with Crippen molar-refractivity contribution in [3.63, 3.8) is 0 Å². The maximum absolute atomic E-state index is 4.58. The molecule has 0 aromatic carbocycles. The molecule has 1 N–H and O–H groups in total. The van der Waals surface area contributed by atoms with Crippen LogP contribution in [0.3, 0.4) is 0 Å². The fourth-order valence-corrected chi connectivity index (χ4v) is 2.96. The summed E-state index contributed by atoms with van der Waals surface area (Å²) in [7, 11) is 0. The summed E-state index contributed by atoms with van der Waals surface area (Å²) in [5, 5.41) is 6.49. The molecule has 0 radical (unpaired) electrons. The fraction of sp³-hybridized carbons (Fsp3) is 0.417. The van der Waals surface area contributed by atoms with Crippen LogP contribution in [-0.2, 0) is 0 Å². The minimum atomic E-state index is 0.649. The number of aromatic nitrogens is 1. The summed E-state index contributed by atoms with van der Waals surface area (Å²) in [5.41, 5.74) is 1.09. The van der Waals surface area contributed by atoms with Gasteiger partial charge >= 0.3 is 0 Å². The zero-order valence-corrected chi connectivity index (χ0v) is 11.4. The van der Waals surface area contributed by atoms with Crippen LogP contribution in [0.2, 0.25) is 0 Å². The van der Waals surface area contributed by atoms with E-state index in [-0.39, 0.29) is 0 Å². The average molecular weight is 252 g/mol. The van der Waals surface area contributed by atoms with Gasteiger partial charge in [-0.2, -0.15) is 0 Å². The van der Waals surface area contributed by atoms with E-state index in [9.17, 15) is 0 Å². The van der Waals surface area contributed by atoms with E-state index in [0.29, 0.717) is 5.92 Å². The Balaban J connectivity index is 2.07. The van der Waals surface area contributed by atoms with Crippen LogP contribution in [0.1, 0.15) is 18.7 Å². The maximum Gasteiger partial charge on any atom is 0.183 e. The van der Waals surface area contributed by atoms with E-state index in [1.807, 2.05) is 0 Å². The second kappa shape index (κ2) is 4.97. The van der Waals surface area contributed by atoms with E-state index in [1.54, 1.807) is 22.7 Å². The molecule has 4 heteroatoms. The molecule has 0 aliphatic rings. The molecule has 0 unspecified atom stereocenters. The number of thiazole rings is 1. The summed E-state index contributed by atoms with van der Waals surface area (Å²) in [6.07, 6.45) is 0. The first-order chi connectivity index (χ1) is 7.65. The molecule has 2 aromatic rings. The molecule has 2 rings (SSSR count). The average Bonchev–Trinajstić information content (AvgIpc) is 2.83. The molecule has 0 amide bonds. The Labute approximate surface area is 104 Å². The lowest BCUT2D eigenvalue weighted by molar-refractivity contribution is 0.688. The van der Waals surface area contributed by atoms with Gasteiger partial charge in [-0.15, -0.1) is 22.7 Å². The van der Waals surface area contributed by atoms with E-state index in [2.05, 4.69) is 48.6 Å².